The van der Waals surface area contributed by atoms with E-state index in [2.05, 4.69) is 5.32 Å². The van der Waals surface area contributed by atoms with Gasteiger partial charge in [-0.25, -0.2) is 4.98 Å². The van der Waals surface area contributed by atoms with Gasteiger partial charge in [-0.1, -0.05) is 54.6 Å². The smallest absolute Gasteiger partial charge is 0.261 e. The molecule has 0 saturated heterocycles. The number of anilines is 1. The van der Waals surface area contributed by atoms with Crippen LogP contribution in [0.2, 0.25) is 0 Å². The first-order valence-corrected chi connectivity index (χ1v) is 11.9. The fraction of sp³-hybridized carbons (Fsp3) is 0.148. The first kappa shape index (κ1) is 21.9. The van der Waals surface area contributed by atoms with Gasteiger partial charge in [0.05, 0.1) is 28.1 Å². The van der Waals surface area contributed by atoms with Gasteiger partial charge in [0, 0.05) is 12.5 Å². The van der Waals surface area contributed by atoms with Crippen LogP contribution in [0.15, 0.2) is 78.9 Å². The van der Waals surface area contributed by atoms with Gasteiger partial charge in [-0.05, 0) is 36.8 Å². The zero-order valence-electron chi connectivity index (χ0n) is 18.8. The first-order chi connectivity index (χ1) is 16.6. The second-order valence-electron chi connectivity index (χ2n) is 7.82. The Morgan fingerprint density at radius 2 is 1.74 bits per heavy atom. The van der Waals surface area contributed by atoms with Crippen LogP contribution in [0, 0.1) is 0 Å². The van der Waals surface area contributed by atoms with Crippen molar-refractivity contribution in [2.75, 3.05) is 11.5 Å². The predicted molar refractivity (Wildman–Crippen MR) is 136 cm³/mol. The zero-order chi connectivity index (χ0) is 23.7. The van der Waals surface area contributed by atoms with E-state index in [1.807, 2.05) is 85.8 Å². The predicted octanol–water partition coefficient (Wildman–Crippen LogP) is 5.11. The lowest BCUT2D eigenvalue weighted by Gasteiger charge is -2.28. The zero-order valence-corrected chi connectivity index (χ0v) is 19.6. The third kappa shape index (κ3) is 3.84. The number of para-hydroxylation sites is 3. The summed E-state index contributed by atoms with van der Waals surface area (Å²) in [6.07, 6.45) is -0.734. The van der Waals surface area contributed by atoms with E-state index >= 15 is 0 Å². The minimum atomic E-state index is -0.734. The molecule has 0 spiro atoms. The van der Waals surface area contributed by atoms with Crippen LogP contribution in [-0.4, -0.2) is 29.6 Å². The van der Waals surface area contributed by atoms with E-state index in [-0.39, 0.29) is 11.8 Å². The van der Waals surface area contributed by atoms with Crippen molar-refractivity contribution in [1.82, 2.24) is 10.3 Å². The third-order valence-corrected chi connectivity index (χ3v) is 6.65. The van der Waals surface area contributed by atoms with Crippen LogP contribution in [-0.2, 0) is 9.59 Å². The molecule has 3 aromatic carbocycles. The summed E-state index contributed by atoms with van der Waals surface area (Å²) in [4.78, 5) is 32.9. The number of nitrogens with one attached hydrogen (secondary N) is 1. The van der Waals surface area contributed by atoms with Crippen LogP contribution in [0.3, 0.4) is 0 Å². The molecule has 1 aromatic heterocycles. The maximum absolute atomic E-state index is 14.1. The molecule has 4 aromatic rings. The molecule has 1 atom stereocenters. The van der Waals surface area contributed by atoms with Gasteiger partial charge in [-0.3, -0.25) is 14.5 Å². The average Bonchev–Trinajstić information content (AvgIpc) is 3.38. The van der Waals surface area contributed by atoms with Crippen molar-refractivity contribution in [3.8, 4) is 5.75 Å². The molecule has 2 heterocycles. The SMILES string of the molecule is CCOc1ccccc1N1C(=O)C(c2ccccc2)=C(c2nc3ccccc3s2)[C@H]1NC(C)=O. The number of ether oxygens (including phenoxy) is 1. The van der Waals surface area contributed by atoms with Crippen LogP contribution in [0.1, 0.15) is 24.4 Å². The molecule has 5 rings (SSSR count). The average molecular weight is 470 g/mol. The van der Waals surface area contributed by atoms with Gasteiger partial charge >= 0.3 is 0 Å². The topological polar surface area (TPSA) is 71.5 Å². The summed E-state index contributed by atoms with van der Waals surface area (Å²) >= 11 is 1.51. The van der Waals surface area contributed by atoms with E-state index in [1.54, 1.807) is 4.90 Å². The first-order valence-electron chi connectivity index (χ1n) is 11.1. The second-order valence-corrected chi connectivity index (χ2v) is 8.85. The third-order valence-electron chi connectivity index (χ3n) is 5.59. The molecule has 34 heavy (non-hydrogen) atoms. The minimum Gasteiger partial charge on any atom is -0.492 e. The lowest BCUT2D eigenvalue weighted by Crippen LogP contribution is -2.47. The number of carbonyl (C=O) groups excluding carboxylic acids is 2. The molecule has 0 bridgehead atoms. The summed E-state index contributed by atoms with van der Waals surface area (Å²) in [6, 6.07) is 24.8. The molecule has 0 saturated carbocycles. The quantitative estimate of drug-likeness (QED) is 0.426. The van der Waals surface area contributed by atoms with Gasteiger partial charge < -0.3 is 10.1 Å². The highest BCUT2D eigenvalue weighted by molar-refractivity contribution is 7.19. The van der Waals surface area contributed by atoms with Crippen molar-refractivity contribution in [3.63, 3.8) is 0 Å². The maximum atomic E-state index is 14.1. The van der Waals surface area contributed by atoms with Crippen molar-refractivity contribution in [2.45, 2.75) is 20.0 Å². The standard InChI is InChI=1S/C27H23N3O3S/c1-3-33-21-15-9-8-14-20(21)30-25(28-17(2)31)24(23(27(30)32)18-11-5-4-6-12-18)26-29-19-13-7-10-16-22(19)34-26/h4-16,25H,3H2,1-2H3,(H,28,31)/t25-/m0/s1. The van der Waals surface area contributed by atoms with Crippen molar-refractivity contribution >= 4 is 50.2 Å². The summed E-state index contributed by atoms with van der Waals surface area (Å²) in [6.45, 7) is 3.80. The van der Waals surface area contributed by atoms with E-state index in [9.17, 15) is 9.59 Å². The number of aromatic nitrogens is 1. The molecule has 0 radical (unpaired) electrons. The number of hydrogen-bond acceptors (Lipinski definition) is 5. The molecular weight excluding hydrogens is 446 g/mol. The van der Waals surface area contributed by atoms with Crippen molar-refractivity contribution in [2.24, 2.45) is 0 Å². The van der Waals surface area contributed by atoms with E-state index in [0.29, 0.717) is 34.2 Å². The maximum Gasteiger partial charge on any atom is 0.261 e. The summed E-state index contributed by atoms with van der Waals surface area (Å²) in [7, 11) is 0. The molecule has 6 nitrogen and oxygen atoms in total. The van der Waals surface area contributed by atoms with Gasteiger partial charge in [0.2, 0.25) is 5.91 Å². The number of fused-ring (bicyclic) bond motifs is 1. The largest absolute Gasteiger partial charge is 0.492 e. The van der Waals surface area contributed by atoms with E-state index in [4.69, 9.17) is 9.72 Å². The van der Waals surface area contributed by atoms with Crippen molar-refractivity contribution in [3.05, 3.63) is 89.4 Å². The summed E-state index contributed by atoms with van der Waals surface area (Å²) in [5.41, 5.74) is 3.42. The monoisotopic (exact) mass is 469 g/mol. The van der Waals surface area contributed by atoms with Crippen molar-refractivity contribution < 1.29 is 14.3 Å². The Balaban J connectivity index is 1.77. The highest BCUT2D eigenvalue weighted by Gasteiger charge is 2.44. The Hall–Kier alpha value is -3.97. The fourth-order valence-electron chi connectivity index (χ4n) is 4.23. The van der Waals surface area contributed by atoms with Crippen LogP contribution >= 0.6 is 11.3 Å². The molecule has 170 valence electrons. The number of hydrogen-bond donors (Lipinski definition) is 1. The van der Waals surface area contributed by atoms with E-state index < -0.39 is 6.17 Å². The van der Waals surface area contributed by atoms with Gasteiger partial charge in [0.1, 0.15) is 16.9 Å². The Morgan fingerprint density at radius 3 is 2.47 bits per heavy atom. The molecule has 1 aliphatic heterocycles. The molecular formula is C27H23N3O3S. The number of thiazole rings is 1. The summed E-state index contributed by atoms with van der Waals surface area (Å²) in [5, 5.41) is 3.70. The molecule has 1 N–H and O–H groups in total. The Kier molecular flexibility index (Phi) is 5.86. The lowest BCUT2D eigenvalue weighted by atomic mass is 10.0. The van der Waals surface area contributed by atoms with E-state index in [0.717, 1.165) is 15.8 Å². The second kappa shape index (κ2) is 9.11. The van der Waals surface area contributed by atoms with Gasteiger partial charge in [-0.2, -0.15) is 0 Å². The number of nitrogens with zero attached hydrogens (tertiary/aromatic N) is 2. The van der Waals surface area contributed by atoms with Gasteiger partial charge in [-0.15, -0.1) is 11.3 Å². The fourth-order valence-corrected chi connectivity index (χ4v) is 5.27. The lowest BCUT2D eigenvalue weighted by molar-refractivity contribution is -0.119. The van der Waals surface area contributed by atoms with E-state index in [1.165, 1.54) is 18.3 Å². The normalized spacial score (nSPS) is 15.8. The number of carbonyl (C=O) groups is 2. The molecule has 1 aliphatic rings. The van der Waals surface area contributed by atoms with Crippen molar-refractivity contribution in [1.29, 1.82) is 0 Å². The molecule has 2 amide bonds. The molecule has 0 unspecified atom stereocenters. The van der Waals surface area contributed by atoms with Crippen LogP contribution in [0.25, 0.3) is 21.4 Å². The molecule has 7 heteroatoms. The van der Waals surface area contributed by atoms with Gasteiger partial charge in [0.15, 0.2) is 0 Å². The highest BCUT2D eigenvalue weighted by atomic mass is 32.1. The highest BCUT2D eigenvalue weighted by Crippen LogP contribution is 2.44. The van der Waals surface area contributed by atoms with Crippen LogP contribution < -0.4 is 15.0 Å². The summed E-state index contributed by atoms with van der Waals surface area (Å²) < 4.78 is 6.86. The molecule has 0 aliphatic carbocycles. The Labute approximate surface area is 201 Å². The van der Waals surface area contributed by atoms with Gasteiger partial charge in [0.25, 0.3) is 5.91 Å². The number of amides is 2. The number of rotatable bonds is 6. The Bertz CT molecular complexity index is 1380. The van der Waals surface area contributed by atoms with Crippen LogP contribution in [0.4, 0.5) is 5.69 Å². The molecule has 0 fully saturated rings. The Morgan fingerprint density at radius 1 is 1.03 bits per heavy atom. The summed E-state index contributed by atoms with van der Waals surface area (Å²) in [5.74, 6) is 0.114. The minimum absolute atomic E-state index is 0.216. The van der Waals surface area contributed by atoms with Crippen LogP contribution in [0.5, 0.6) is 5.75 Å². The number of benzene rings is 3.